The Labute approximate surface area is 151 Å². The van der Waals surface area contributed by atoms with Crippen molar-refractivity contribution >= 4 is 29.2 Å². The van der Waals surface area contributed by atoms with E-state index in [1.54, 1.807) is 25.1 Å². The van der Waals surface area contributed by atoms with Gasteiger partial charge in [0.25, 0.3) is 0 Å². The summed E-state index contributed by atoms with van der Waals surface area (Å²) in [5.74, 6) is -1.24. The first kappa shape index (κ1) is 18.3. The van der Waals surface area contributed by atoms with E-state index in [9.17, 15) is 10.1 Å². The number of nitrogens with zero attached hydrogens (tertiary/aromatic N) is 1. The van der Waals surface area contributed by atoms with Gasteiger partial charge < -0.3 is 4.74 Å². The molecule has 2 atom stereocenters. The van der Waals surface area contributed by atoms with E-state index in [1.807, 2.05) is 30.3 Å². The van der Waals surface area contributed by atoms with Gasteiger partial charge >= 0.3 is 5.97 Å². The van der Waals surface area contributed by atoms with Crippen molar-refractivity contribution in [2.45, 2.75) is 25.2 Å². The zero-order chi connectivity index (χ0) is 17.5. The maximum atomic E-state index is 12.0. The number of esters is 1. The quantitative estimate of drug-likeness (QED) is 0.652. The summed E-state index contributed by atoms with van der Waals surface area (Å²) in [6.45, 7) is 2.06. The lowest BCUT2D eigenvalue weighted by Gasteiger charge is -2.22. The van der Waals surface area contributed by atoms with Crippen LogP contribution in [0, 0.1) is 11.3 Å². The van der Waals surface area contributed by atoms with Crippen LogP contribution in [0.2, 0.25) is 10.0 Å². The molecule has 0 N–H and O–H groups in total. The van der Waals surface area contributed by atoms with Gasteiger partial charge in [-0.05, 0) is 36.2 Å². The third-order valence-electron chi connectivity index (χ3n) is 3.71. The number of hydrogen-bond acceptors (Lipinski definition) is 3. The second-order valence-corrected chi connectivity index (χ2v) is 6.21. The lowest BCUT2D eigenvalue weighted by molar-refractivity contribution is -0.143. The van der Waals surface area contributed by atoms with E-state index in [4.69, 9.17) is 27.9 Å². The molecule has 3 nitrogen and oxygen atoms in total. The average Bonchev–Trinajstić information content (AvgIpc) is 2.55. The van der Waals surface area contributed by atoms with Crippen LogP contribution in [0.5, 0.6) is 0 Å². The Bertz CT molecular complexity index is 721. The molecule has 0 aliphatic rings. The number of benzene rings is 2. The maximum absolute atomic E-state index is 12.0. The Morgan fingerprint density at radius 2 is 1.75 bits per heavy atom. The normalized spacial score (nSPS) is 12.9. The summed E-state index contributed by atoms with van der Waals surface area (Å²) >= 11 is 12.1. The van der Waals surface area contributed by atoms with Gasteiger partial charge in [-0.25, -0.2) is 0 Å². The fraction of sp³-hybridized carbons (Fsp3) is 0.263. The first-order valence-electron chi connectivity index (χ1n) is 7.61. The number of carbonyl (C=O) groups excluding carboxylic acids is 1. The van der Waals surface area contributed by atoms with E-state index in [1.165, 1.54) is 0 Å². The maximum Gasteiger partial charge on any atom is 0.306 e. The topological polar surface area (TPSA) is 50.1 Å². The van der Waals surface area contributed by atoms with Crippen LogP contribution in [0.4, 0.5) is 0 Å². The van der Waals surface area contributed by atoms with Crippen LogP contribution in [0.1, 0.15) is 36.3 Å². The van der Waals surface area contributed by atoms with Crippen LogP contribution in [0.25, 0.3) is 0 Å². The Kier molecular flexibility index (Phi) is 6.66. The molecule has 2 unspecified atom stereocenters. The first-order valence-corrected chi connectivity index (χ1v) is 8.37. The van der Waals surface area contributed by atoms with Gasteiger partial charge in [-0.2, -0.15) is 5.26 Å². The van der Waals surface area contributed by atoms with E-state index in [2.05, 4.69) is 6.07 Å². The predicted molar refractivity (Wildman–Crippen MR) is 95.2 cm³/mol. The standard InChI is InChI=1S/C19H17Cl2NO2/c1-2-24-19(23)11-17(13-6-4-3-5-7-13)18(12-22)14-8-15(20)10-16(21)9-14/h3-10,17-18H,2,11H2,1H3. The third-order valence-corrected chi connectivity index (χ3v) is 4.14. The molecular formula is C19H17Cl2NO2. The molecule has 0 fully saturated rings. The Morgan fingerprint density at radius 1 is 1.12 bits per heavy atom. The molecule has 2 rings (SSSR count). The third kappa shape index (κ3) is 4.74. The number of ether oxygens (including phenoxy) is 1. The van der Waals surface area contributed by atoms with Crippen LogP contribution in [-0.4, -0.2) is 12.6 Å². The van der Waals surface area contributed by atoms with Gasteiger partial charge in [-0.3, -0.25) is 4.79 Å². The average molecular weight is 362 g/mol. The molecule has 0 radical (unpaired) electrons. The molecule has 2 aromatic rings. The Balaban J connectivity index is 2.43. The molecule has 0 bridgehead atoms. The number of halogens is 2. The van der Waals surface area contributed by atoms with Crippen molar-refractivity contribution < 1.29 is 9.53 Å². The second-order valence-electron chi connectivity index (χ2n) is 5.34. The molecule has 0 aliphatic carbocycles. The summed E-state index contributed by atoms with van der Waals surface area (Å²) in [4.78, 5) is 12.0. The summed E-state index contributed by atoms with van der Waals surface area (Å²) in [6, 6.07) is 16.8. The monoisotopic (exact) mass is 361 g/mol. The molecule has 0 saturated heterocycles. The van der Waals surface area contributed by atoms with Crippen LogP contribution >= 0.6 is 23.2 Å². The highest BCUT2D eigenvalue weighted by molar-refractivity contribution is 6.34. The zero-order valence-corrected chi connectivity index (χ0v) is 14.7. The molecule has 0 saturated carbocycles. The summed E-state index contributed by atoms with van der Waals surface area (Å²) < 4.78 is 5.07. The van der Waals surface area contributed by atoms with Gasteiger partial charge in [0.2, 0.25) is 0 Å². The van der Waals surface area contributed by atoms with E-state index < -0.39 is 5.92 Å². The van der Waals surface area contributed by atoms with Gasteiger partial charge in [0, 0.05) is 16.0 Å². The van der Waals surface area contributed by atoms with E-state index in [-0.39, 0.29) is 18.3 Å². The SMILES string of the molecule is CCOC(=O)CC(c1ccccc1)C(C#N)c1cc(Cl)cc(Cl)c1. The fourth-order valence-corrected chi connectivity index (χ4v) is 3.22. The Morgan fingerprint density at radius 3 is 2.29 bits per heavy atom. The predicted octanol–water partition coefficient (Wildman–Crippen LogP) is 5.34. The number of rotatable bonds is 6. The highest BCUT2D eigenvalue weighted by Gasteiger charge is 2.28. The second kappa shape index (κ2) is 8.73. The highest BCUT2D eigenvalue weighted by Crippen LogP contribution is 2.37. The molecule has 2 aromatic carbocycles. The summed E-state index contributed by atoms with van der Waals surface area (Å²) in [5.41, 5.74) is 1.58. The van der Waals surface area contributed by atoms with Crippen molar-refractivity contribution in [1.82, 2.24) is 0 Å². The summed E-state index contributed by atoms with van der Waals surface area (Å²) in [6.07, 6.45) is 0.111. The van der Waals surface area contributed by atoms with Crippen molar-refractivity contribution in [3.8, 4) is 6.07 Å². The largest absolute Gasteiger partial charge is 0.466 e. The summed E-state index contributed by atoms with van der Waals surface area (Å²) in [7, 11) is 0. The minimum atomic E-state index is -0.562. The van der Waals surface area contributed by atoms with Crippen molar-refractivity contribution in [1.29, 1.82) is 5.26 Å². The van der Waals surface area contributed by atoms with Crippen molar-refractivity contribution in [3.05, 3.63) is 69.7 Å². The first-order chi connectivity index (χ1) is 11.5. The van der Waals surface area contributed by atoms with Crippen LogP contribution in [-0.2, 0) is 9.53 Å². The van der Waals surface area contributed by atoms with E-state index in [0.29, 0.717) is 22.2 Å². The molecule has 24 heavy (non-hydrogen) atoms. The molecule has 0 aliphatic heterocycles. The minimum absolute atomic E-state index is 0.111. The van der Waals surface area contributed by atoms with Crippen molar-refractivity contribution in [3.63, 3.8) is 0 Å². The van der Waals surface area contributed by atoms with Gasteiger partial charge in [-0.15, -0.1) is 0 Å². The summed E-state index contributed by atoms with van der Waals surface area (Å²) in [5, 5.41) is 10.7. The van der Waals surface area contributed by atoms with E-state index in [0.717, 1.165) is 5.56 Å². The fourth-order valence-electron chi connectivity index (χ4n) is 2.68. The molecule has 124 valence electrons. The van der Waals surface area contributed by atoms with E-state index >= 15 is 0 Å². The molecule has 0 amide bonds. The Hall–Kier alpha value is -2.02. The van der Waals surface area contributed by atoms with Crippen molar-refractivity contribution in [2.75, 3.05) is 6.61 Å². The molecule has 5 heteroatoms. The minimum Gasteiger partial charge on any atom is -0.466 e. The van der Waals surface area contributed by atoms with Gasteiger partial charge in [-0.1, -0.05) is 53.5 Å². The lowest BCUT2D eigenvalue weighted by atomic mass is 9.80. The molecule has 0 heterocycles. The van der Waals surface area contributed by atoms with Crippen molar-refractivity contribution in [2.24, 2.45) is 0 Å². The highest BCUT2D eigenvalue weighted by atomic mass is 35.5. The molecular weight excluding hydrogens is 345 g/mol. The smallest absolute Gasteiger partial charge is 0.306 e. The molecule has 0 aromatic heterocycles. The number of nitriles is 1. The van der Waals surface area contributed by atoms with Crippen LogP contribution in [0.3, 0.4) is 0 Å². The zero-order valence-electron chi connectivity index (χ0n) is 13.2. The van der Waals surface area contributed by atoms with Gasteiger partial charge in [0.05, 0.1) is 25.0 Å². The van der Waals surface area contributed by atoms with Crippen LogP contribution < -0.4 is 0 Å². The van der Waals surface area contributed by atoms with Gasteiger partial charge in [0.1, 0.15) is 0 Å². The lowest BCUT2D eigenvalue weighted by Crippen LogP contribution is -2.16. The number of carbonyl (C=O) groups is 1. The van der Waals surface area contributed by atoms with Crippen LogP contribution in [0.15, 0.2) is 48.5 Å². The van der Waals surface area contributed by atoms with Gasteiger partial charge in [0.15, 0.2) is 0 Å². The molecule has 0 spiro atoms. The number of hydrogen-bond donors (Lipinski definition) is 0.